The molecule has 0 saturated heterocycles. The van der Waals surface area contributed by atoms with E-state index in [0.717, 1.165) is 24.3 Å². The molecule has 0 saturated carbocycles. The standard InChI is InChI=1S/C20H26O/c1-3-5-11-17-13-7-9-15-19(17)21-20-16-10-8-14-18(20)12-6-4-2/h7-10,13-16H,3-6,11-12H2,1-2H3. The fourth-order valence-electron chi connectivity index (χ4n) is 2.47. The molecule has 21 heavy (non-hydrogen) atoms. The van der Waals surface area contributed by atoms with Crippen LogP contribution >= 0.6 is 0 Å². The van der Waals surface area contributed by atoms with E-state index in [1.165, 1.54) is 36.8 Å². The molecule has 0 heterocycles. The van der Waals surface area contributed by atoms with E-state index >= 15 is 0 Å². The Labute approximate surface area is 129 Å². The summed E-state index contributed by atoms with van der Waals surface area (Å²) in [4.78, 5) is 0. The molecule has 112 valence electrons. The molecular formula is C20H26O. The Kier molecular flexibility index (Phi) is 6.33. The summed E-state index contributed by atoms with van der Waals surface area (Å²) in [6, 6.07) is 16.8. The van der Waals surface area contributed by atoms with E-state index in [0.29, 0.717) is 0 Å². The molecule has 1 nitrogen and oxygen atoms in total. The fourth-order valence-corrected chi connectivity index (χ4v) is 2.47. The van der Waals surface area contributed by atoms with Crippen LogP contribution in [0.25, 0.3) is 0 Å². The van der Waals surface area contributed by atoms with Gasteiger partial charge in [-0.3, -0.25) is 0 Å². The van der Waals surface area contributed by atoms with Gasteiger partial charge in [0, 0.05) is 0 Å². The molecule has 0 atom stereocenters. The van der Waals surface area contributed by atoms with Crippen molar-refractivity contribution < 1.29 is 4.74 Å². The quantitative estimate of drug-likeness (QED) is 0.563. The molecule has 0 unspecified atom stereocenters. The Bertz CT molecular complexity index is 496. The average molecular weight is 282 g/mol. The van der Waals surface area contributed by atoms with Gasteiger partial charge in [0.2, 0.25) is 0 Å². The van der Waals surface area contributed by atoms with Crippen LogP contribution in [0.3, 0.4) is 0 Å². The predicted molar refractivity (Wildman–Crippen MR) is 90.2 cm³/mol. The number of aryl methyl sites for hydroxylation is 2. The molecule has 0 aliphatic carbocycles. The van der Waals surface area contributed by atoms with Crippen molar-refractivity contribution in [1.29, 1.82) is 0 Å². The van der Waals surface area contributed by atoms with Gasteiger partial charge >= 0.3 is 0 Å². The molecule has 0 aliphatic heterocycles. The second kappa shape index (κ2) is 8.51. The largest absolute Gasteiger partial charge is 0.457 e. The van der Waals surface area contributed by atoms with Gasteiger partial charge in [0.05, 0.1) is 0 Å². The Morgan fingerprint density at radius 1 is 0.667 bits per heavy atom. The zero-order valence-corrected chi connectivity index (χ0v) is 13.3. The van der Waals surface area contributed by atoms with Crippen LogP contribution in [-0.2, 0) is 12.8 Å². The molecule has 2 aromatic carbocycles. The lowest BCUT2D eigenvalue weighted by atomic mass is 10.1. The summed E-state index contributed by atoms with van der Waals surface area (Å²) in [5.41, 5.74) is 2.62. The van der Waals surface area contributed by atoms with Crippen molar-refractivity contribution in [1.82, 2.24) is 0 Å². The van der Waals surface area contributed by atoms with Crippen molar-refractivity contribution in [2.24, 2.45) is 0 Å². The molecule has 0 aromatic heterocycles. The Hall–Kier alpha value is -1.76. The van der Waals surface area contributed by atoms with E-state index in [9.17, 15) is 0 Å². The number of hydrogen-bond donors (Lipinski definition) is 0. The van der Waals surface area contributed by atoms with E-state index in [1.807, 2.05) is 0 Å². The maximum atomic E-state index is 6.23. The summed E-state index contributed by atoms with van der Waals surface area (Å²) < 4.78 is 6.23. The monoisotopic (exact) mass is 282 g/mol. The van der Waals surface area contributed by atoms with Crippen LogP contribution in [0, 0.1) is 0 Å². The highest BCUT2D eigenvalue weighted by molar-refractivity contribution is 5.41. The zero-order valence-electron chi connectivity index (χ0n) is 13.3. The van der Waals surface area contributed by atoms with Crippen molar-refractivity contribution >= 4 is 0 Å². The number of para-hydroxylation sites is 2. The van der Waals surface area contributed by atoms with Gasteiger partial charge in [0.15, 0.2) is 0 Å². The molecule has 0 aliphatic rings. The summed E-state index contributed by atoms with van der Waals surface area (Å²) in [6.45, 7) is 4.45. The molecule has 0 bridgehead atoms. The molecule has 0 radical (unpaired) electrons. The molecule has 0 fully saturated rings. The molecule has 0 spiro atoms. The highest BCUT2D eigenvalue weighted by Gasteiger charge is 2.07. The average Bonchev–Trinajstić information content (AvgIpc) is 2.53. The minimum Gasteiger partial charge on any atom is -0.457 e. The topological polar surface area (TPSA) is 9.23 Å². The predicted octanol–water partition coefficient (Wildman–Crippen LogP) is 6.16. The van der Waals surface area contributed by atoms with Crippen LogP contribution in [-0.4, -0.2) is 0 Å². The van der Waals surface area contributed by atoms with E-state index in [4.69, 9.17) is 4.74 Å². The third-order valence-electron chi connectivity index (χ3n) is 3.76. The SMILES string of the molecule is CCCCc1ccccc1Oc1ccccc1CCCC. The number of rotatable bonds is 8. The summed E-state index contributed by atoms with van der Waals surface area (Å²) in [7, 11) is 0. The van der Waals surface area contributed by atoms with Gasteiger partial charge in [0.1, 0.15) is 11.5 Å². The van der Waals surface area contributed by atoms with Crippen molar-refractivity contribution in [3.05, 3.63) is 59.7 Å². The second-order valence-corrected chi connectivity index (χ2v) is 5.52. The van der Waals surface area contributed by atoms with Gasteiger partial charge in [-0.05, 0) is 48.9 Å². The van der Waals surface area contributed by atoms with Gasteiger partial charge in [-0.2, -0.15) is 0 Å². The van der Waals surface area contributed by atoms with Gasteiger partial charge in [-0.15, -0.1) is 0 Å². The molecule has 0 amide bonds. The normalized spacial score (nSPS) is 10.6. The third-order valence-corrected chi connectivity index (χ3v) is 3.76. The van der Waals surface area contributed by atoms with Crippen LogP contribution in [0.4, 0.5) is 0 Å². The first-order chi connectivity index (χ1) is 10.3. The Morgan fingerprint density at radius 3 is 1.52 bits per heavy atom. The second-order valence-electron chi connectivity index (χ2n) is 5.52. The van der Waals surface area contributed by atoms with Crippen LogP contribution in [0.15, 0.2) is 48.5 Å². The van der Waals surface area contributed by atoms with Gasteiger partial charge in [-0.1, -0.05) is 63.1 Å². The lowest BCUT2D eigenvalue weighted by molar-refractivity contribution is 0.468. The highest BCUT2D eigenvalue weighted by Crippen LogP contribution is 2.29. The first-order valence-electron chi connectivity index (χ1n) is 8.18. The van der Waals surface area contributed by atoms with Gasteiger partial charge in [0.25, 0.3) is 0 Å². The lowest BCUT2D eigenvalue weighted by Crippen LogP contribution is -1.95. The molecule has 2 aromatic rings. The first-order valence-corrected chi connectivity index (χ1v) is 8.18. The number of unbranched alkanes of at least 4 members (excludes halogenated alkanes) is 2. The molecule has 0 N–H and O–H groups in total. The third kappa shape index (κ3) is 4.63. The Morgan fingerprint density at radius 2 is 1.10 bits per heavy atom. The van der Waals surface area contributed by atoms with Gasteiger partial charge in [-0.25, -0.2) is 0 Å². The maximum absolute atomic E-state index is 6.23. The molecule has 2 rings (SSSR count). The number of ether oxygens (including phenoxy) is 1. The maximum Gasteiger partial charge on any atom is 0.130 e. The minimum atomic E-state index is 1.01. The highest BCUT2D eigenvalue weighted by atomic mass is 16.5. The van der Waals surface area contributed by atoms with Crippen LogP contribution in [0.2, 0.25) is 0 Å². The smallest absolute Gasteiger partial charge is 0.130 e. The van der Waals surface area contributed by atoms with Crippen molar-refractivity contribution in [2.75, 3.05) is 0 Å². The van der Waals surface area contributed by atoms with Gasteiger partial charge < -0.3 is 4.74 Å². The van der Waals surface area contributed by atoms with E-state index < -0.39 is 0 Å². The number of benzene rings is 2. The van der Waals surface area contributed by atoms with Crippen LogP contribution < -0.4 is 4.74 Å². The van der Waals surface area contributed by atoms with Crippen LogP contribution in [0.1, 0.15) is 50.7 Å². The molecule has 1 heteroatoms. The first kappa shape index (κ1) is 15.6. The minimum absolute atomic E-state index is 1.01. The summed E-state index contributed by atoms with van der Waals surface area (Å²) in [5, 5.41) is 0. The van der Waals surface area contributed by atoms with Crippen molar-refractivity contribution in [3.8, 4) is 11.5 Å². The summed E-state index contributed by atoms with van der Waals surface area (Å²) >= 11 is 0. The van der Waals surface area contributed by atoms with Crippen molar-refractivity contribution in [3.63, 3.8) is 0 Å². The Balaban J connectivity index is 2.18. The van der Waals surface area contributed by atoms with E-state index in [2.05, 4.69) is 62.4 Å². The summed E-state index contributed by atoms with van der Waals surface area (Å²) in [6.07, 6.45) is 7.01. The lowest BCUT2D eigenvalue weighted by Gasteiger charge is -2.14. The van der Waals surface area contributed by atoms with Crippen molar-refractivity contribution in [2.45, 2.75) is 52.4 Å². The number of hydrogen-bond acceptors (Lipinski definition) is 1. The van der Waals surface area contributed by atoms with E-state index in [-0.39, 0.29) is 0 Å². The molecular weight excluding hydrogens is 256 g/mol. The fraction of sp³-hybridized carbons (Fsp3) is 0.400. The summed E-state index contributed by atoms with van der Waals surface area (Å²) in [5.74, 6) is 2.02. The van der Waals surface area contributed by atoms with E-state index in [1.54, 1.807) is 0 Å². The zero-order chi connectivity index (χ0) is 14.9. The van der Waals surface area contributed by atoms with Crippen LogP contribution in [0.5, 0.6) is 11.5 Å².